The molecule has 7 heteroatoms. The number of para-hydroxylation sites is 1. The normalized spacial score (nSPS) is 29.1. The number of hydrogen-bond donors (Lipinski definition) is 2. The topological polar surface area (TPSA) is 86.7 Å². The highest BCUT2D eigenvalue weighted by Gasteiger charge is 2.69. The number of anilines is 1. The van der Waals surface area contributed by atoms with Crippen LogP contribution < -0.4 is 10.2 Å². The number of fused-ring (bicyclic) bond motifs is 1. The number of hydrogen-bond acceptors (Lipinski definition) is 5. The van der Waals surface area contributed by atoms with E-state index in [0.717, 1.165) is 41.7 Å². The number of carbonyl (C=O) groups is 3. The summed E-state index contributed by atoms with van der Waals surface area (Å²) in [4.78, 5) is 43.7. The Labute approximate surface area is 210 Å². The zero-order valence-electron chi connectivity index (χ0n) is 20.5. The number of nitrogens with one attached hydrogen (secondary N) is 1. The Morgan fingerprint density at radius 1 is 1.06 bits per heavy atom. The molecule has 1 aromatic carbocycles. The summed E-state index contributed by atoms with van der Waals surface area (Å²) in [5.74, 6) is -3.05. The van der Waals surface area contributed by atoms with E-state index in [0.29, 0.717) is 24.9 Å². The molecule has 2 aromatic rings. The Morgan fingerprint density at radius 2 is 1.74 bits per heavy atom. The van der Waals surface area contributed by atoms with Gasteiger partial charge < -0.3 is 5.11 Å². The second-order valence-electron chi connectivity index (χ2n) is 10.3. The third kappa shape index (κ3) is 3.84. The molecule has 0 spiro atoms. The molecule has 3 heterocycles. The van der Waals surface area contributed by atoms with Gasteiger partial charge in [-0.15, -0.1) is 11.3 Å². The van der Waals surface area contributed by atoms with Gasteiger partial charge in [-0.2, -0.15) is 0 Å². The van der Waals surface area contributed by atoms with Gasteiger partial charge in [-0.25, -0.2) is 4.90 Å². The van der Waals surface area contributed by atoms with Crippen molar-refractivity contribution < 1.29 is 19.5 Å². The highest BCUT2D eigenvalue weighted by Crippen LogP contribution is 2.53. The van der Waals surface area contributed by atoms with Crippen LogP contribution >= 0.6 is 11.3 Å². The van der Waals surface area contributed by atoms with Crippen molar-refractivity contribution in [1.29, 1.82) is 0 Å². The molecule has 35 heavy (non-hydrogen) atoms. The van der Waals surface area contributed by atoms with Gasteiger partial charge in [-0.1, -0.05) is 70.2 Å². The summed E-state index contributed by atoms with van der Waals surface area (Å²) in [5, 5.41) is 16.0. The number of nitrogens with zero attached hydrogens (tertiary/aromatic N) is 1. The quantitative estimate of drug-likeness (QED) is 0.522. The van der Waals surface area contributed by atoms with E-state index >= 15 is 0 Å². The summed E-state index contributed by atoms with van der Waals surface area (Å²) < 4.78 is 0. The lowest BCUT2D eigenvalue weighted by atomic mass is 9.72. The molecular formula is C28H34N2O4S. The average Bonchev–Trinajstić information content (AvgIpc) is 3.57. The molecule has 1 aliphatic carbocycles. The first-order valence-electron chi connectivity index (χ1n) is 13.0. The standard InChI is InChI=1S/C28H34N2O4S/c1-3-18-12-8-13-19(4-2)24(18)30-25(31)21-22(26(30)32)28(27(33)34,16-17-10-6-5-7-11-17)29-23(21)20-14-9-15-35-20/h8-9,12-15,17,21-23,29H,3-7,10-11,16H2,1-2H3,(H,33,34). The molecule has 1 aromatic heterocycles. The van der Waals surface area contributed by atoms with Gasteiger partial charge in [0.1, 0.15) is 5.54 Å². The first-order chi connectivity index (χ1) is 16.9. The maximum absolute atomic E-state index is 14.2. The van der Waals surface area contributed by atoms with Crippen molar-refractivity contribution in [3.8, 4) is 0 Å². The first-order valence-corrected chi connectivity index (χ1v) is 13.8. The number of aryl methyl sites for hydroxylation is 2. The molecule has 6 nitrogen and oxygen atoms in total. The summed E-state index contributed by atoms with van der Waals surface area (Å²) in [6.07, 6.45) is 7.06. The Balaban J connectivity index is 1.64. The minimum Gasteiger partial charge on any atom is -0.480 e. The fourth-order valence-corrected chi connectivity index (χ4v) is 7.58. The molecule has 3 fully saturated rings. The fourth-order valence-electron chi connectivity index (χ4n) is 6.76. The molecule has 0 radical (unpaired) electrons. The Bertz CT molecular complexity index is 1100. The van der Waals surface area contributed by atoms with Crippen LogP contribution in [0, 0.1) is 17.8 Å². The zero-order chi connectivity index (χ0) is 24.7. The number of aliphatic carboxylic acids is 1. The predicted molar refractivity (Wildman–Crippen MR) is 136 cm³/mol. The van der Waals surface area contributed by atoms with Gasteiger partial charge in [-0.05, 0) is 47.8 Å². The van der Waals surface area contributed by atoms with E-state index < -0.39 is 29.4 Å². The molecule has 5 rings (SSSR count). The highest BCUT2D eigenvalue weighted by atomic mass is 32.1. The monoisotopic (exact) mass is 494 g/mol. The largest absolute Gasteiger partial charge is 0.480 e. The smallest absolute Gasteiger partial charge is 0.324 e. The summed E-state index contributed by atoms with van der Waals surface area (Å²) >= 11 is 1.51. The maximum Gasteiger partial charge on any atom is 0.324 e. The van der Waals surface area contributed by atoms with Crippen molar-refractivity contribution >= 4 is 34.8 Å². The summed E-state index contributed by atoms with van der Waals surface area (Å²) in [6, 6.07) is 9.26. The average molecular weight is 495 g/mol. The van der Waals surface area contributed by atoms with Crippen molar-refractivity contribution in [1.82, 2.24) is 5.32 Å². The molecule has 4 unspecified atom stereocenters. The Morgan fingerprint density at radius 3 is 2.31 bits per heavy atom. The number of carbonyl (C=O) groups excluding carboxylic acids is 2. The van der Waals surface area contributed by atoms with Gasteiger partial charge in [0.2, 0.25) is 11.8 Å². The lowest BCUT2D eigenvalue weighted by Crippen LogP contribution is -2.57. The lowest BCUT2D eigenvalue weighted by molar-refractivity contribution is -0.150. The second-order valence-corrected chi connectivity index (χ2v) is 11.2. The fraction of sp³-hybridized carbons (Fsp3) is 0.536. The van der Waals surface area contributed by atoms with Crippen LogP contribution in [0.2, 0.25) is 0 Å². The third-order valence-corrected chi connectivity index (χ3v) is 9.36. The molecule has 0 bridgehead atoms. The molecule has 2 aliphatic heterocycles. The summed E-state index contributed by atoms with van der Waals surface area (Å²) in [6.45, 7) is 4.04. The zero-order valence-corrected chi connectivity index (χ0v) is 21.3. The third-order valence-electron chi connectivity index (χ3n) is 8.41. The highest BCUT2D eigenvalue weighted by molar-refractivity contribution is 7.10. The van der Waals surface area contributed by atoms with Crippen LogP contribution in [0.1, 0.15) is 74.4 Å². The first kappa shape index (κ1) is 24.2. The van der Waals surface area contributed by atoms with Gasteiger partial charge in [0, 0.05) is 4.88 Å². The van der Waals surface area contributed by atoms with Crippen LogP contribution in [0.15, 0.2) is 35.7 Å². The molecular weight excluding hydrogens is 460 g/mol. The van der Waals surface area contributed by atoms with Gasteiger partial charge in [0.15, 0.2) is 0 Å². The number of carboxylic acids is 1. The van der Waals surface area contributed by atoms with Gasteiger partial charge >= 0.3 is 5.97 Å². The van der Waals surface area contributed by atoms with E-state index in [1.165, 1.54) is 22.7 Å². The number of benzene rings is 1. The van der Waals surface area contributed by atoms with Crippen LogP contribution in [0.4, 0.5) is 5.69 Å². The molecule has 186 valence electrons. The number of rotatable bonds is 7. The van der Waals surface area contributed by atoms with Gasteiger partial charge in [0.25, 0.3) is 0 Å². The molecule has 2 amide bonds. The van der Waals surface area contributed by atoms with Crippen molar-refractivity contribution in [2.24, 2.45) is 17.8 Å². The minimum absolute atomic E-state index is 0.237. The van der Waals surface area contributed by atoms with E-state index in [9.17, 15) is 19.5 Å². The number of imide groups is 1. The van der Waals surface area contributed by atoms with Crippen LogP contribution in [-0.4, -0.2) is 28.4 Å². The second kappa shape index (κ2) is 9.51. The number of thiophene rings is 1. The SMILES string of the molecule is CCc1cccc(CC)c1N1C(=O)C2C(c3cccs3)NC(CC3CCCCC3)(C(=O)O)C2C1=O. The van der Waals surface area contributed by atoms with Crippen LogP contribution in [0.5, 0.6) is 0 Å². The number of carboxylic acid groups (broad SMARTS) is 1. The Hall–Kier alpha value is -2.51. The number of amides is 2. The van der Waals surface area contributed by atoms with Crippen molar-refractivity contribution in [3.63, 3.8) is 0 Å². The molecule has 3 aliphatic rings. The van der Waals surface area contributed by atoms with Crippen molar-refractivity contribution in [3.05, 3.63) is 51.7 Å². The lowest BCUT2D eigenvalue weighted by Gasteiger charge is -2.35. The van der Waals surface area contributed by atoms with E-state index in [2.05, 4.69) is 5.32 Å². The molecule has 2 N–H and O–H groups in total. The van der Waals surface area contributed by atoms with Crippen LogP contribution in [-0.2, 0) is 27.2 Å². The summed E-state index contributed by atoms with van der Waals surface area (Å²) in [7, 11) is 0. The van der Waals surface area contributed by atoms with Gasteiger partial charge in [0.05, 0.1) is 23.6 Å². The molecule has 4 atom stereocenters. The maximum atomic E-state index is 14.2. The van der Waals surface area contributed by atoms with Crippen molar-refractivity contribution in [2.75, 3.05) is 4.90 Å². The summed E-state index contributed by atoms with van der Waals surface area (Å²) in [5.41, 5.74) is 1.11. The van der Waals surface area contributed by atoms with Gasteiger partial charge in [-0.3, -0.25) is 19.7 Å². The van der Waals surface area contributed by atoms with E-state index in [-0.39, 0.29) is 17.7 Å². The van der Waals surface area contributed by atoms with E-state index in [4.69, 9.17) is 0 Å². The van der Waals surface area contributed by atoms with Crippen LogP contribution in [0.25, 0.3) is 0 Å². The predicted octanol–water partition coefficient (Wildman–Crippen LogP) is 5.12. The van der Waals surface area contributed by atoms with E-state index in [1.54, 1.807) is 0 Å². The van der Waals surface area contributed by atoms with Crippen molar-refractivity contribution in [2.45, 2.75) is 76.8 Å². The van der Waals surface area contributed by atoms with Crippen LogP contribution in [0.3, 0.4) is 0 Å². The minimum atomic E-state index is -1.45. The molecule has 1 saturated carbocycles. The van der Waals surface area contributed by atoms with E-state index in [1.807, 2.05) is 49.6 Å². The molecule has 2 saturated heterocycles. The Kier molecular flexibility index (Phi) is 6.57.